The maximum atomic E-state index is 10.9. The van der Waals surface area contributed by atoms with E-state index in [1.165, 1.54) is 6.07 Å². The molecule has 0 amide bonds. The van der Waals surface area contributed by atoms with E-state index in [2.05, 4.69) is 11.9 Å². The van der Waals surface area contributed by atoms with E-state index in [0.717, 1.165) is 11.1 Å². The van der Waals surface area contributed by atoms with Crippen LogP contribution in [0.1, 0.15) is 5.56 Å². The van der Waals surface area contributed by atoms with E-state index in [0.29, 0.717) is 12.2 Å². The molecule has 4 heteroatoms. The molecular formula is C15H14N2O2. The lowest BCUT2D eigenvalue weighted by Gasteiger charge is -2.09. The summed E-state index contributed by atoms with van der Waals surface area (Å²) in [6, 6.07) is 16.3. The van der Waals surface area contributed by atoms with Gasteiger partial charge in [-0.15, -0.1) is 0 Å². The van der Waals surface area contributed by atoms with Crippen molar-refractivity contribution < 1.29 is 4.92 Å². The third-order valence-corrected chi connectivity index (χ3v) is 2.78. The summed E-state index contributed by atoms with van der Waals surface area (Å²) in [6.45, 7) is 4.45. The third kappa shape index (κ3) is 3.19. The van der Waals surface area contributed by atoms with Gasteiger partial charge in [0, 0.05) is 12.6 Å². The molecule has 0 aliphatic heterocycles. The normalized spacial score (nSPS) is 9.89. The lowest BCUT2D eigenvalue weighted by atomic mass is 10.1. The Kier molecular flexibility index (Phi) is 3.93. The molecule has 0 bridgehead atoms. The number of benzene rings is 2. The summed E-state index contributed by atoms with van der Waals surface area (Å²) in [7, 11) is 0. The Hall–Kier alpha value is -2.62. The Labute approximate surface area is 111 Å². The van der Waals surface area contributed by atoms with Crippen LogP contribution in [0.3, 0.4) is 0 Å². The van der Waals surface area contributed by atoms with E-state index >= 15 is 0 Å². The van der Waals surface area contributed by atoms with Crippen molar-refractivity contribution in [1.82, 2.24) is 0 Å². The average molecular weight is 254 g/mol. The number of hydrogen-bond acceptors (Lipinski definition) is 3. The van der Waals surface area contributed by atoms with Gasteiger partial charge in [0.2, 0.25) is 0 Å². The molecule has 2 aromatic rings. The minimum absolute atomic E-state index is 0.0726. The summed E-state index contributed by atoms with van der Waals surface area (Å²) in [6.07, 6.45) is 0. The van der Waals surface area contributed by atoms with Crippen molar-refractivity contribution >= 4 is 16.9 Å². The zero-order valence-corrected chi connectivity index (χ0v) is 10.4. The highest BCUT2D eigenvalue weighted by Crippen LogP contribution is 2.24. The Balaban J connectivity index is 2.07. The predicted octanol–water partition coefficient (Wildman–Crippen LogP) is 3.72. The van der Waals surface area contributed by atoms with E-state index in [-0.39, 0.29) is 5.69 Å². The SMILES string of the molecule is C=C(CNc1ccccc1[N+](=O)[O-])c1ccccc1. The highest BCUT2D eigenvalue weighted by atomic mass is 16.6. The first-order chi connectivity index (χ1) is 9.18. The first kappa shape index (κ1) is 12.8. The molecule has 2 rings (SSSR count). The summed E-state index contributed by atoms with van der Waals surface area (Å²) in [5, 5.41) is 13.9. The predicted molar refractivity (Wildman–Crippen MR) is 77.1 cm³/mol. The van der Waals surface area contributed by atoms with Gasteiger partial charge in [-0.25, -0.2) is 0 Å². The number of hydrogen-bond donors (Lipinski definition) is 1. The molecule has 0 heterocycles. The summed E-state index contributed by atoms with van der Waals surface area (Å²) in [5.41, 5.74) is 2.49. The van der Waals surface area contributed by atoms with Gasteiger partial charge in [-0.2, -0.15) is 0 Å². The van der Waals surface area contributed by atoms with Crippen LogP contribution in [-0.2, 0) is 0 Å². The molecule has 0 spiro atoms. The van der Waals surface area contributed by atoms with Crippen LogP contribution in [0, 0.1) is 10.1 Å². The molecule has 0 saturated heterocycles. The van der Waals surface area contributed by atoms with E-state index in [1.54, 1.807) is 18.2 Å². The van der Waals surface area contributed by atoms with Crippen LogP contribution in [-0.4, -0.2) is 11.5 Å². The van der Waals surface area contributed by atoms with Crippen LogP contribution in [0.2, 0.25) is 0 Å². The minimum atomic E-state index is -0.395. The number of rotatable bonds is 5. The summed E-state index contributed by atoms with van der Waals surface area (Å²) >= 11 is 0. The molecule has 0 fully saturated rings. The van der Waals surface area contributed by atoms with Gasteiger partial charge in [0.05, 0.1) is 4.92 Å². The second kappa shape index (κ2) is 5.82. The molecule has 0 aromatic heterocycles. The maximum Gasteiger partial charge on any atom is 0.292 e. The molecule has 4 nitrogen and oxygen atoms in total. The zero-order valence-electron chi connectivity index (χ0n) is 10.4. The largest absolute Gasteiger partial charge is 0.375 e. The number of nitrogens with zero attached hydrogens (tertiary/aromatic N) is 1. The monoisotopic (exact) mass is 254 g/mol. The summed E-state index contributed by atoms with van der Waals surface area (Å²) in [5.74, 6) is 0. The van der Waals surface area contributed by atoms with E-state index in [9.17, 15) is 10.1 Å². The molecule has 96 valence electrons. The molecule has 0 saturated carbocycles. The lowest BCUT2D eigenvalue weighted by molar-refractivity contribution is -0.383. The highest BCUT2D eigenvalue weighted by Gasteiger charge is 2.11. The van der Waals surface area contributed by atoms with Crippen molar-refractivity contribution in [2.75, 3.05) is 11.9 Å². The van der Waals surface area contributed by atoms with Crippen molar-refractivity contribution in [3.8, 4) is 0 Å². The van der Waals surface area contributed by atoms with Gasteiger partial charge in [0.1, 0.15) is 5.69 Å². The van der Waals surface area contributed by atoms with Gasteiger partial charge in [-0.3, -0.25) is 10.1 Å². The van der Waals surface area contributed by atoms with Crippen molar-refractivity contribution in [2.45, 2.75) is 0 Å². The summed E-state index contributed by atoms with van der Waals surface area (Å²) < 4.78 is 0. The molecule has 2 aromatic carbocycles. The molecule has 0 unspecified atom stereocenters. The van der Waals surface area contributed by atoms with Gasteiger partial charge in [0.15, 0.2) is 0 Å². The molecule has 19 heavy (non-hydrogen) atoms. The quantitative estimate of drug-likeness (QED) is 0.653. The van der Waals surface area contributed by atoms with Crippen molar-refractivity contribution in [3.05, 3.63) is 76.9 Å². The minimum Gasteiger partial charge on any atom is -0.375 e. The maximum absolute atomic E-state index is 10.9. The zero-order chi connectivity index (χ0) is 13.7. The summed E-state index contributed by atoms with van der Waals surface area (Å²) in [4.78, 5) is 10.5. The number of nitro benzene ring substituents is 1. The Morgan fingerprint density at radius 3 is 2.42 bits per heavy atom. The van der Waals surface area contributed by atoms with Gasteiger partial charge in [-0.05, 0) is 17.2 Å². The number of nitrogens with one attached hydrogen (secondary N) is 1. The lowest BCUT2D eigenvalue weighted by Crippen LogP contribution is -2.05. The second-order valence-corrected chi connectivity index (χ2v) is 4.10. The van der Waals surface area contributed by atoms with Crippen molar-refractivity contribution in [2.24, 2.45) is 0 Å². The van der Waals surface area contributed by atoms with Crippen LogP contribution in [0.25, 0.3) is 5.57 Å². The van der Waals surface area contributed by atoms with Gasteiger partial charge >= 0.3 is 0 Å². The topological polar surface area (TPSA) is 55.2 Å². The third-order valence-electron chi connectivity index (χ3n) is 2.78. The van der Waals surface area contributed by atoms with E-state index in [1.807, 2.05) is 30.3 Å². The van der Waals surface area contributed by atoms with Crippen LogP contribution in [0.15, 0.2) is 61.2 Å². The fourth-order valence-corrected chi connectivity index (χ4v) is 1.76. The van der Waals surface area contributed by atoms with Gasteiger partial charge < -0.3 is 5.32 Å². The van der Waals surface area contributed by atoms with Crippen LogP contribution in [0.5, 0.6) is 0 Å². The standard InChI is InChI=1S/C15H14N2O2/c1-12(13-7-3-2-4-8-13)11-16-14-9-5-6-10-15(14)17(18)19/h2-10,16H,1,11H2. The van der Waals surface area contributed by atoms with Gasteiger partial charge in [-0.1, -0.05) is 49.0 Å². The highest BCUT2D eigenvalue weighted by molar-refractivity contribution is 5.70. The first-order valence-corrected chi connectivity index (χ1v) is 5.89. The van der Waals surface area contributed by atoms with E-state index < -0.39 is 4.92 Å². The molecule has 1 N–H and O–H groups in total. The smallest absolute Gasteiger partial charge is 0.292 e. The number of para-hydroxylation sites is 2. The molecule has 0 aliphatic rings. The Bertz CT molecular complexity index is 594. The molecule has 0 radical (unpaired) electrons. The fraction of sp³-hybridized carbons (Fsp3) is 0.0667. The van der Waals surface area contributed by atoms with Gasteiger partial charge in [0.25, 0.3) is 5.69 Å². The fourth-order valence-electron chi connectivity index (χ4n) is 1.76. The Morgan fingerprint density at radius 1 is 1.11 bits per heavy atom. The molecular weight excluding hydrogens is 240 g/mol. The second-order valence-electron chi connectivity index (χ2n) is 4.10. The van der Waals surface area contributed by atoms with Crippen molar-refractivity contribution in [1.29, 1.82) is 0 Å². The average Bonchev–Trinajstić information content (AvgIpc) is 2.46. The molecule has 0 aliphatic carbocycles. The number of anilines is 1. The van der Waals surface area contributed by atoms with Crippen LogP contribution in [0.4, 0.5) is 11.4 Å². The first-order valence-electron chi connectivity index (χ1n) is 5.89. The van der Waals surface area contributed by atoms with Crippen molar-refractivity contribution in [3.63, 3.8) is 0 Å². The van der Waals surface area contributed by atoms with E-state index in [4.69, 9.17) is 0 Å². The number of nitro groups is 1. The molecule has 0 atom stereocenters. The van der Waals surface area contributed by atoms with Crippen LogP contribution >= 0.6 is 0 Å². The Morgan fingerprint density at radius 2 is 1.74 bits per heavy atom. The van der Waals surface area contributed by atoms with Crippen LogP contribution < -0.4 is 5.32 Å².